The number of nitrogens with zero attached hydrogens (tertiary/aromatic N) is 1. The third-order valence-electron chi connectivity index (χ3n) is 4.83. The van der Waals surface area contributed by atoms with Gasteiger partial charge in [-0.15, -0.1) is 12.4 Å². The molecule has 2 aromatic heterocycles. The van der Waals surface area contributed by atoms with E-state index in [4.69, 9.17) is 0 Å². The van der Waals surface area contributed by atoms with Crippen LogP contribution in [0.25, 0.3) is 22.0 Å². The largest absolute Gasteiger partial charge is 0.418 e. The number of nitrogens with one attached hydrogen (secondary N) is 2. The van der Waals surface area contributed by atoms with Crippen molar-refractivity contribution in [2.45, 2.75) is 18.1 Å². The number of hydrogen-bond acceptors (Lipinski definition) is 3. The van der Waals surface area contributed by atoms with Crippen molar-refractivity contribution in [3.8, 4) is 11.1 Å². The molecule has 2 N–H and O–H groups in total. The van der Waals surface area contributed by atoms with Crippen LogP contribution in [0.4, 0.5) is 23.2 Å². The summed E-state index contributed by atoms with van der Waals surface area (Å²) in [6, 6.07) is 10.1. The number of aromatic nitrogens is 2. The van der Waals surface area contributed by atoms with Crippen LogP contribution in [0.1, 0.15) is 11.1 Å². The quantitative estimate of drug-likeness (QED) is 0.352. The Bertz CT molecular complexity index is 1390. The second-order valence-corrected chi connectivity index (χ2v) is 8.49. The molecule has 0 aliphatic heterocycles. The summed E-state index contributed by atoms with van der Waals surface area (Å²) in [6.45, 7) is 1.45. The standard InChI is InChI=1S/C21H15F4N3O2S.ClH/c1-12-16-11-15(22)3-5-18(16)27-20(12)31(29,30)28-19-4-2-14(10-17(19)21(23,24)25)13-6-8-26-9-7-13;/h2-11,27-28H,1H3;1H. The summed E-state index contributed by atoms with van der Waals surface area (Å²) in [4.78, 5) is 6.47. The van der Waals surface area contributed by atoms with Crippen LogP contribution in [-0.2, 0) is 16.2 Å². The molecule has 0 bridgehead atoms. The number of H-pyrrole nitrogens is 1. The average Bonchev–Trinajstić information content (AvgIpc) is 3.05. The summed E-state index contributed by atoms with van der Waals surface area (Å²) in [6.07, 6.45) is -1.92. The molecule has 0 saturated carbocycles. The van der Waals surface area contributed by atoms with E-state index in [9.17, 15) is 26.0 Å². The van der Waals surface area contributed by atoms with Gasteiger partial charge >= 0.3 is 6.18 Å². The molecular formula is C21H16ClF4N3O2S. The van der Waals surface area contributed by atoms with Gasteiger partial charge in [-0.2, -0.15) is 21.6 Å². The first-order valence-corrected chi connectivity index (χ1v) is 10.5. The highest BCUT2D eigenvalue weighted by Gasteiger charge is 2.35. The molecule has 0 saturated heterocycles. The van der Waals surface area contributed by atoms with Gasteiger partial charge in [0.05, 0.1) is 11.3 Å². The van der Waals surface area contributed by atoms with Crippen molar-refractivity contribution in [3.63, 3.8) is 0 Å². The van der Waals surface area contributed by atoms with Crippen LogP contribution >= 0.6 is 12.4 Å². The molecule has 0 amide bonds. The van der Waals surface area contributed by atoms with Crippen LogP contribution in [0.5, 0.6) is 0 Å². The van der Waals surface area contributed by atoms with Gasteiger partial charge in [-0.3, -0.25) is 9.71 Å². The number of pyridine rings is 1. The molecule has 5 nitrogen and oxygen atoms in total. The van der Waals surface area contributed by atoms with Gasteiger partial charge in [0.2, 0.25) is 0 Å². The van der Waals surface area contributed by atoms with Crippen molar-refractivity contribution in [1.82, 2.24) is 9.97 Å². The van der Waals surface area contributed by atoms with E-state index in [1.165, 1.54) is 31.5 Å². The van der Waals surface area contributed by atoms with Crippen molar-refractivity contribution in [2.24, 2.45) is 0 Å². The van der Waals surface area contributed by atoms with Gasteiger partial charge in [-0.05, 0) is 66.1 Å². The molecule has 0 radical (unpaired) electrons. The number of alkyl halides is 3. The minimum atomic E-state index is -4.81. The lowest BCUT2D eigenvalue weighted by molar-refractivity contribution is -0.136. The second-order valence-electron chi connectivity index (χ2n) is 6.87. The van der Waals surface area contributed by atoms with Gasteiger partial charge in [-0.1, -0.05) is 6.07 Å². The Balaban J connectivity index is 0.00000289. The maximum atomic E-state index is 13.7. The zero-order valence-electron chi connectivity index (χ0n) is 16.4. The first-order valence-electron chi connectivity index (χ1n) is 8.98. The van der Waals surface area contributed by atoms with Crippen LogP contribution < -0.4 is 4.72 Å². The lowest BCUT2D eigenvalue weighted by atomic mass is 10.0. The number of benzene rings is 2. The molecule has 2 aromatic carbocycles. The molecule has 4 rings (SSSR count). The number of aromatic amines is 1. The topological polar surface area (TPSA) is 74.8 Å². The van der Waals surface area contributed by atoms with Crippen LogP contribution in [0.3, 0.4) is 0 Å². The summed E-state index contributed by atoms with van der Waals surface area (Å²) in [5, 5.41) is -0.0103. The Labute approximate surface area is 187 Å². The predicted octanol–water partition coefficient (Wildman–Crippen LogP) is 5.92. The van der Waals surface area contributed by atoms with Crippen molar-refractivity contribution in [2.75, 3.05) is 4.72 Å². The molecule has 0 atom stereocenters. The van der Waals surface area contributed by atoms with Gasteiger partial charge < -0.3 is 4.98 Å². The van der Waals surface area contributed by atoms with Gasteiger partial charge in [0.25, 0.3) is 10.0 Å². The average molecular weight is 486 g/mol. The maximum Gasteiger partial charge on any atom is 0.418 e. The van der Waals surface area contributed by atoms with Crippen molar-refractivity contribution < 1.29 is 26.0 Å². The van der Waals surface area contributed by atoms with Gasteiger partial charge in [0.15, 0.2) is 5.03 Å². The molecule has 0 unspecified atom stereocenters. The van der Waals surface area contributed by atoms with Crippen molar-refractivity contribution in [1.29, 1.82) is 0 Å². The summed E-state index contributed by atoms with van der Waals surface area (Å²) >= 11 is 0. The highest BCUT2D eigenvalue weighted by molar-refractivity contribution is 7.92. The lowest BCUT2D eigenvalue weighted by Gasteiger charge is -2.16. The molecule has 0 aliphatic rings. The van der Waals surface area contributed by atoms with E-state index in [2.05, 4.69) is 9.97 Å². The van der Waals surface area contributed by atoms with E-state index in [0.29, 0.717) is 16.5 Å². The highest BCUT2D eigenvalue weighted by atomic mass is 35.5. The van der Waals surface area contributed by atoms with Gasteiger partial charge in [-0.25, -0.2) is 4.39 Å². The molecule has 32 heavy (non-hydrogen) atoms. The minimum absolute atomic E-state index is 0. The van der Waals surface area contributed by atoms with E-state index in [1.807, 2.05) is 4.72 Å². The fraction of sp³-hybridized carbons (Fsp3) is 0.0952. The zero-order chi connectivity index (χ0) is 22.4. The second kappa shape index (κ2) is 8.44. The molecule has 168 valence electrons. The smallest absolute Gasteiger partial charge is 0.344 e. The Morgan fingerprint density at radius 3 is 2.31 bits per heavy atom. The number of hydrogen-bond donors (Lipinski definition) is 2. The SMILES string of the molecule is Cc1c(S(=O)(=O)Nc2ccc(-c3ccncc3)cc2C(F)(F)F)[nH]c2ccc(F)cc12.Cl. The monoisotopic (exact) mass is 485 g/mol. The van der Waals surface area contributed by atoms with Crippen molar-refractivity contribution >= 4 is 39.0 Å². The number of aryl methyl sites for hydroxylation is 1. The number of sulfonamides is 1. The molecule has 4 aromatic rings. The molecule has 2 heterocycles. The predicted molar refractivity (Wildman–Crippen MR) is 116 cm³/mol. The molecule has 0 fully saturated rings. The Kier molecular flexibility index (Phi) is 6.21. The summed E-state index contributed by atoms with van der Waals surface area (Å²) in [5.41, 5.74) is -0.439. The molecule has 11 heteroatoms. The summed E-state index contributed by atoms with van der Waals surface area (Å²) < 4.78 is 82.5. The third kappa shape index (κ3) is 4.42. The minimum Gasteiger partial charge on any atom is -0.344 e. The van der Waals surface area contributed by atoms with E-state index < -0.39 is 33.3 Å². The third-order valence-corrected chi connectivity index (χ3v) is 6.26. The van der Waals surface area contributed by atoms with E-state index in [1.54, 1.807) is 12.1 Å². The van der Waals surface area contributed by atoms with Crippen LogP contribution in [0.15, 0.2) is 66.0 Å². The Hall–Kier alpha value is -3.11. The maximum absolute atomic E-state index is 13.7. The van der Waals surface area contributed by atoms with Crippen LogP contribution in [0.2, 0.25) is 0 Å². The molecule has 0 aliphatic carbocycles. The first kappa shape index (κ1) is 23.6. The first-order chi connectivity index (χ1) is 14.6. The molecule has 0 spiro atoms. The lowest BCUT2D eigenvalue weighted by Crippen LogP contribution is -2.18. The van der Waals surface area contributed by atoms with Crippen LogP contribution in [0, 0.1) is 12.7 Å². The highest BCUT2D eigenvalue weighted by Crippen LogP contribution is 2.38. The van der Waals surface area contributed by atoms with E-state index in [-0.39, 0.29) is 28.6 Å². The zero-order valence-corrected chi connectivity index (χ0v) is 18.0. The number of halogens is 5. The number of anilines is 1. The van der Waals surface area contributed by atoms with E-state index >= 15 is 0 Å². The number of rotatable bonds is 4. The van der Waals surface area contributed by atoms with Gasteiger partial charge in [0, 0.05) is 23.3 Å². The van der Waals surface area contributed by atoms with Crippen LogP contribution in [-0.4, -0.2) is 18.4 Å². The van der Waals surface area contributed by atoms with E-state index in [0.717, 1.165) is 24.3 Å². The normalized spacial score (nSPS) is 11.9. The summed E-state index contributed by atoms with van der Waals surface area (Å²) in [5.74, 6) is -0.558. The fourth-order valence-electron chi connectivity index (χ4n) is 3.33. The Morgan fingerprint density at radius 1 is 0.969 bits per heavy atom. The molecular weight excluding hydrogens is 470 g/mol. The van der Waals surface area contributed by atoms with Crippen molar-refractivity contribution in [3.05, 3.63) is 77.9 Å². The summed E-state index contributed by atoms with van der Waals surface area (Å²) in [7, 11) is -4.42. The fourth-order valence-corrected chi connectivity index (χ4v) is 4.66. The Morgan fingerprint density at radius 2 is 1.66 bits per heavy atom. The number of fused-ring (bicyclic) bond motifs is 1. The van der Waals surface area contributed by atoms with Gasteiger partial charge in [0.1, 0.15) is 5.82 Å².